The lowest BCUT2D eigenvalue weighted by molar-refractivity contribution is -0.204. The van der Waals surface area contributed by atoms with Gasteiger partial charge in [0, 0.05) is 12.5 Å². The van der Waals surface area contributed by atoms with E-state index < -0.39 is 0 Å². The summed E-state index contributed by atoms with van der Waals surface area (Å²) in [5.74, 6) is 4.93. The van der Waals surface area contributed by atoms with Gasteiger partial charge in [-0.1, -0.05) is 46.8 Å². The van der Waals surface area contributed by atoms with Crippen molar-refractivity contribution in [3.63, 3.8) is 0 Å². The monoisotopic (exact) mass is 398 g/mol. The molecule has 0 aromatic heterocycles. The topological polar surface area (TPSA) is 18.5 Å². The highest BCUT2D eigenvalue weighted by Crippen LogP contribution is 2.61. The van der Waals surface area contributed by atoms with Crippen molar-refractivity contribution in [1.29, 1.82) is 0 Å². The summed E-state index contributed by atoms with van der Waals surface area (Å²) in [6, 6.07) is 8.94. The molecule has 0 aliphatic heterocycles. The van der Waals surface area contributed by atoms with Crippen LogP contribution in [-0.4, -0.2) is 13.4 Å². The predicted octanol–water partition coefficient (Wildman–Crippen LogP) is 7.43. The zero-order valence-corrected chi connectivity index (χ0v) is 19.5. The first-order valence-electron chi connectivity index (χ1n) is 12.0. The third kappa shape index (κ3) is 4.53. The molecule has 0 radical (unpaired) electrons. The highest BCUT2D eigenvalue weighted by Gasteiger charge is 2.55. The van der Waals surface area contributed by atoms with Crippen molar-refractivity contribution in [3.05, 3.63) is 29.8 Å². The second-order valence-electron chi connectivity index (χ2n) is 12.1. The maximum atomic E-state index is 6.52. The quantitative estimate of drug-likeness (QED) is 0.445. The normalized spacial score (nSPS) is 33.1. The van der Waals surface area contributed by atoms with Crippen LogP contribution >= 0.6 is 0 Å². The van der Waals surface area contributed by atoms with E-state index in [1.807, 2.05) is 7.11 Å². The first-order valence-corrected chi connectivity index (χ1v) is 12.0. The number of hydrogen-bond donors (Lipinski definition) is 0. The van der Waals surface area contributed by atoms with Gasteiger partial charge in [0.15, 0.2) is 0 Å². The van der Waals surface area contributed by atoms with Crippen molar-refractivity contribution in [3.8, 4) is 5.75 Å². The Kier molecular flexibility index (Phi) is 5.79. The minimum atomic E-state index is -0.0998. The van der Waals surface area contributed by atoms with Crippen LogP contribution in [0.1, 0.15) is 91.0 Å². The Labute approximate surface area is 178 Å². The average Bonchev–Trinajstić information content (AvgIpc) is 2.62. The van der Waals surface area contributed by atoms with Crippen LogP contribution in [0.25, 0.3) is 0 Å². The van der Waals surface area contributed by atoms with Gasteiger partial charge in [0.25, 0.3) is 0 Å². The van der Waals surface area contributed by atoms with Crippen LogP contribution in [0.3, 0.4) is 0 Å². The summed E-state index contributed by atoms with van der Waals surface area (Å²) in [7, 11) is 1.84. The Morgan fingerprint density at radius 1 is 0.931 bits per heavy atom. The van der Waals surface area contributed by atoms with E-state index in [1.165, 1.54) is 50.5 Å². The molecule has 0 amide bonds. The van der Waals surface area contributed by atoms with Crippen molar-refractivity contribution in [2.45, 2.75) is 91.8 Å². The van der Waals surface area contributed by atoms with Gasteiger partial charge >= 0.3 is 0 Å². The molecule has 4 aliphatic carbocycles. The smallest absolute Gasteiger partial charge is 0.205 e. The average molecular weight is 399 g/mol. The highest BCUT2D eigenvalue weighted by molar-refractivity contribution is 5.30. The van der Waals surface area contributed by atoms with Gasteiger partial charge in [0.2, 0.25) is 6.29 Å². The highest BCUT2D eigenvalue weighted by atomic mass is 16.7. The van der Waals surface area contributed by atoms with Crippen LogP contribution in [0.4, 0.5) is 0 Å². The molecule has 4 aliphatic rings. The summed E-state index contributed by atoms with van der Waals surface area (Å²) < 4.78 is 12.5. The van der Waals surface area contributed by atoms with Crippen LogP contribution in [0.5, 0.6) is 5.75 Å². The molecule has 2 unspecified atom stereocenters. The Morgan fingerprint density at radius 3 is 1.86 bits per heavy atom. The summed E-state index contributed by atoms with van der Waals surface area (Å²) in [5.41, 5.74) is 2.02. The first kappa shape index (κ1) is 21.2. The number of ether oxygens (including phenoxy) is 2. The molecule has 4 saturated carbocycles. The Hall–Kier alpha value is -1.02. The molecule has 2 heteroatoms. The SMILES string of the molecule is COC(Oc1ccc(C(CC(C)(C)C)C(C)C)cc1)C12CC3CC(CC(C3)C1)C2. The largest absolute Gasteiger partial charge is 0.464 e. The molecule has 4 fully saturated rings. The molecule has 29 heavy (non-hydrogen) atoms. The molecule has 5 rings (SSSR count). The van der Waals surface area contributed by atoms with E-state index in [2.05, 4.69) is 58.9 Å². The molecule has 2 nitrogen and oxygen atoms in total. The summed E-state index contributed by atoms with van der Waals surface area (Å²) in [5, 5.41) is 0. The molecule has 162 valence electrons. The van der Waals surface area contributed by atoms with Crippen molar-refractivity contribution < 1.29 is 9.47 Å². The summed E-state index contributed by atoms with van der Waals surface area (Å²) >= 11 is 0. The van der Waals surface area contributed by atoms with Crippen LogP contribution in [0, 0.1) is 34.5 Å². The van der Waals surface area contributed by atoms with E-state index in [0.29, 0.717) is 17.3 Å². The number of hydrogen-bond acceptors (Lipinski definition) is 2. The minimum Gasteiger partial charge on any atom is -0.464 e. The predicted molar refractivity (Wildman–Crippen MR) is 120 cm³/mol. The Morgan fingerprint density at radius 2 is 1.45 bits per heavy atom. The van der Waals surface area contributed by atoms with Gasteiger partial charge in [-0.3, -0.25) is 0 Å². The second kappa shape index (κ2) is 7.91. The zero-order chi connectivity index (χ0) is 20.8. The number of rotatable bonds is 7. The van der Waals surface area contributed by atoms with Gasteiger partial charge < -0.3 is 9.47 Å². The van der Waals surface area contributed by atoms with E-state index in [4.69, 9.17) is 9.47 Å². The molecule has 1 aromatic carbocycles. The Bertz CT molecular complexity index is 646. The van der Waals surface area contributed by atoms with Crippen LogP contribution < -0.4 is 4.74 Å². The lowest BCUT2D eigenvalue weighted by Crippen LogP contribution is -2.53. The molecular weight excluding hydrogens is 356 g/mol. The third-order valence-electron chi connectivity index (χ3n) is 7.99. The van der Waals surface area contributed by atoms with Crippen molar-refractivity contribution >= 4 is 0 Å². The maximum Gasteiger partial charge on any atom is 0.205 e. The maximum absolute atomic E-state index is 6.52. The van der Waals surface area contributed by atoms with Crippen LogP contribution in [0.2, 0.25) is 0 Å². The molecule has 0 N–H and O–H groups in total. The summed E-state index contributed by atoms with van der Waals surface area (Å²) in [4.78, 5) is 0. The lowest BCUT2D eigenvalue weighted by atomic mass is 9.49. The van der Waals surface area contributed by atoms with E-state index >= 15 is 0 Å². The molecule has 0 heterocycles. The van der Waals surface area contributed by atoms with Crippen LogP contribution in [0.15, 0.2) is 24.3 Å². The minimum absolute atomic E-state index is 0.0998. The molecule has 4 bridgehead atoms. The van der Waals surface area contributed by atoms with Crippen molar-refractivity contribution in [2.75, 3.05) is 7.11 Å². The zero-order valence-electron chi connectivity index (χ0n) is 19.5. The van der Waals surface area contributed by atoms with Crippen molar-refractivity contribution in [2.24, 2.45) is 34.5 Å². The van der Waals surface area contributed by atoms with E-state index in [-0.39, 0.29) is 11.7 Å². The van der Waals surface area contributed by atoms with Gasteiger partial charge in [0.1, 0.15) is 5.75 Å². The van der Waals surface area contributed by atoms with Crippen LogP contribution in [-0.2, 0) is 4.74 Å². The fourth-order valence-corrected chi connectivity index (χ4v) is 7.20. The summed E-state index contributed by atoms with van der Waals surface area (Å²) in [6.07, 6.45) is 9.37. The molecule has 2 atom stereocenters. The Balaban J connectivity index is 1.48. The van der Waals surface area contributed by atoms with Gasteiger partial charge in [0.05, 0.1) is 0 Å². The van der Waals surface area contributed by atoms with E-state index in [0.717, 1.165) is 23.5 Å². The van der Waals surface area contributed by atoms with Gasteiger partial charge in [-0.05, 0) is 97.6 Å². The second-order valence-corrected chi connectivity index (χ2v) is 12.1. The molecular formula is C27H42O2. The lowest BCUT2D eigenvalue weighted by Gasteiger charge is -2.58. The number of methoxy groups -OCH3 is 1. The van der Waals surface area contributed by atoms with Gasteiger partial charge in [-0.15, -0.1) is 0 Å². The number of benzene rings is 1. The van der Waals surface area contributed by atoms with Gasteiger partial charge in [-0.2, -0.15) is 0 Å². The fourth-order valence-electron chi connectivity index (χ4n) is 7.20. The molecule has 0 spiro atoms. The summed E-state index contributed by atoms with van der Waals surface area (Å²) in [6.45, 7) is 11.7. The van der Waals surface area contributed by atoms with Gasteiger partial charge in [-0.25, -0.2) is 0 Å². The molecule has 1 aromatic rings. The first-order chi connectivity index (χ1) is 13.7. The van der Waals surface area contributed by atoms with E-state index in [9.17, 15) is 0 Å². The van der Waals surface area contributed by atoms with E-state index in [1.54, 1.807) is 0 Å². The van der Waals surface area contributed by atoms with Crippen molar-refractivity contribution in [1.82, 2.24) is 0 Å². The molecule has 0 saturated heterocycles. The fraction of sp³-hybridized carbons (Fsp3) is 0.778. The third-order valence-corrected chi connectivity index (χ3v) is 7.99. The standard InChI is InChI=1S/C27H42O2/c1-18(2)24(17-26(3,4)5)22-7-9-23(10-8-22)29-25(28-6)27-14-19-11-20(15-27)13-21(12-19)16-27/h7-10,18-21,24-25H,11-17H2,1-6H3.